The van der Waals surface area contributed by atoms with E-state index < -0.39 is 10.0 Å². The third-order valence-electron chi connectivity index (χ3n) is 4.46. The van der Waals surface area contributed by atoms with Gasteiger partial charge in [0.1, 0.15) is 10.6 Å². The third kappa shape index (κ3) is 3.77. The van der Waals surface area contributed by atoms with Crippen molar-refractivity contribution in [2.75, 3.05) is 13.1 Å². The van der Waals surface area contributed by atoms with E-state index in [4.69, 9.17) is 16.1 Å². The summed E-state index contributed by atoms with van der Waals surface area (Å²) in [6.45, 7) is 3.87. The molecule has 0 spiro atoms. The van der Waals surface area contributed by atoms with Crippen molar-refractivity contribution in [1.82, 2.24) is 14.8 Å². The van der Waals surface area contributed by atoms with Gasteiger partial charge in [-0.25, -0.2) is 8.42 Å². The molecule has 1 aromatic heterocycles. The molecule has 1 fully saturated rings. The van der Waals surface area contributed by atoms with Gasteiger partial charge >= 0.3 is 0 Å². The SMILES string of the molecule is Cc1noc(C)c1S(=O)(=O)N1CCC(NC(=O)c2ccc(Cl)cc2)CC1. The first kappa shape index (κ1) is 18.9. The van der Waals surface area contributed by atoms with Crippen molar-refractivity contribution < 1.29 is 17.7 Å². The quantitative estimate of drug-likeness (QED) is 0.855. The molecule has 0 aliphatic carbocycles. The maximum absolute atomic E-state index is 12.8. The highest BCUT2D eigenvalue weighted by atomic mass is 35.5. The number of piperidine rings is 1. The molecule has 1 amide bonds. The molecular weight excluding hydrogens is 378 g/mol. The number of amides is 1. The molecule has 7 nitrogen and oxygen atoms in total. The maximum Gasteiger partial charge on any atom is 0.251 e. The van der Waals surface area contributed by atoms with E-state index in [9.17, 15) is 13.2 Å². The van der Waals surface area contributed by atoms with E-state index in [1.807, 2.05) is 0 Å². The molecule has 0 saturated carbocycles. The van der Waals surface area contributed by atoms with Crippen LogP contribution in [0.5, 0.6) is 0 Å². The fourth-order valence-electron chi connectivity index (χ4n) is 3.08. The van der Waals surface area contributed by atoms with E-state index >= 15 is 0 Å². The normalized spacial score (nSPS) is 16.6. The summed E-state index contributed by atoms with van der Waals surface area (Å²) in [6, 6.07) is 6.57. The molecule has 0 unspecified atom stereocenters. The van der Waals surface area contributed by atoms with Crippen LogP contribution < -0.4 is 5.32 Å². The monoisotopic (exact) mass is 397 g/mol. The van der Waals surface area contributed by atoms with Crippen molar-refractivity contribution in [3.05, 3.63) is 46.3 Å². The van der Waals surface area contributed by atoms with E-state index in [-0.39, 0.29) is 16.8 Å². The molecule has 2 heterocycles. The first-order valence-electron chi connectivity index (χ1n) is 8.28. The highest BCUT2D eigenvalue weighted by Crippen LogP contribution is 2.26. The molecule has 0 bridgehead atoms. The Hall–Kier alpha value is -1.90. The average molecular weight is 398 g/mol. The molecule has 1 aromatic carbocycles. The smallest absolute Gasteiger partial charge is 0.251 e. The Morgan fingerprint density at radius 3 is 2.38 bits per heavy atom. The summed E-state index contributed by atoms with van der Waals surface area (Å²) in [5.41, 5.74) is 0.890. The van der Waals surface area contributed by atoms with Crippen molar-refractivity contribution >= 4 is 27.5 Å². The number of halogens is 1. The Balaban J connectivity index is 1.62. The van der Waals surface area contributed by atoms with Gasteiger partial charge in [0.2, 0.25) is 10.0 Å². The lowest BCUT2D eigenvalue weighted by Crippen LogP contribution is -2.46. The summed E-state index contributed by atoms with van der Waals surface area (Å²) in [5, 5.41) is 7.24. The summed E-state index contributed by atoms with van der Waals surface area (Å²) >= 11 is 5.83. The van der Waals surface area contributed by atoms with Crippen LogP contribution in [-0.4, -0.2) is 42.9 Å². The molecule has 1 aliphatic rings. The molecule has 0 atom stereocenters. The predicted octanol–water partition coefficient (Wildman–Crippen LogP) is 2.53. The molecule has 1 saturated heterocycles. The second-order valence-electron chi connectivity index (χ2n) is 6.31. The minimum Gasteiger partial charge on any atom is -0.360 e. The van der Waals surface area contributed by atoms with Gasteiger partial charge in [-0.1, -0.05) is 16.8 Å². The lowest BCUT2D eigenvalue weighted by molar-refractivity contribution is 0.0924. The van der Waals surface area contributed by atoms with Gasteiger partial charge in [-0.3, -0.25) is 4.79 Å². The van der Waals surface area contributed by atoms with Crippen LogP contribution in [-0.2, 0) is 10.0 Å². The molecule has 0 radical (unpaired) electrons. The Morgan fingerprint density at radius 2 is 1.85 bits per heavy atom. The molecule has 2 aromatic rings. The van der Waals surface area contributed by atoms with Crippen molar-refractivity contribution in [2.45, 2.75) is 37.6 Å². The Morgan fingerprint density at radius 1 is 1.23 bits per heavy atom. The molecular formula is C17H20ClN3O4S. The predicted molar refractivity (Wildman–Crippen MR) is 96.7 cm³/mol. The fraction of sp³-hybridized carbons (Fsp3) is 0.412. The van der Waals surface area contributed by atoms with Crippen LogP contribution in [0, 0.1) is 13.8 Å². The minimum absolute atomic E-state index is 0.0747. The third-order valence-corrected chi connectivity index (χ3v) is 6.86. The van der Waals surface area contributed by atoms with Gasteiger partial charge in [0.15, 0.2) is 5.76 Å². The van der Waals surface area contributed by atoms with Crippen LogP contribution in [0.15, 0.2) is 33.7 Å². The van der Waals surface area contributed by atoms with Crippen LogP contribution >= 0.6 is 11.6 Å². The first-order valence-corrected chi connectivity index (χ1v) is 10.1. The van der Waals surface area contributed by atoms with Gasteiger partial charge in [-0.15, -0.1) is 0 Å². The van der Waals surface area contributed by atoms with Crippen molar-refractivity contribution in [1.29, 1.82) is 0 Å². The lowest BCUT2D eigenvalue weighted by Gasteiger charge is -2.31. The summed E-state index contributed by atoms with van der Waals surface area (Å²) in [4.78, 5) is 12.4. The van der Waals surface area contributed by atoms with Gasteiger partial charge < -0.3 is 9.84 Å². The van der Waals surface area contributed by atoms with E-state index in [1.165, 1.54) is 4.31 Å². The number of aromatic nitrogens is 1. The number of carbonyl (C=O) groups excluding carboxylic acids is 1. The zero-order valence-electron chi connectivity index (χ0n) is 14.5. The van der Waals surface area contributed by atoms with Crippen LogP contribution in [0.2, 0.25) is 5.02 Å². The zero-order valence-corrected chi connectivity index (χ0v) is 16.1. The molecule has 3 rings (SSSR count). The Labute approximate surface area is 157 Å². The summed E-state index contributed by atoms with van der Waals surface area (Å²) in [6.07, 6.45) is 1.09. The zero-order chi connectivity index (χ0) is 18.9. The van der Waals surface area contributed by atoms with Gasteiger partial charge in [-0.05, 0) is 51.0 Å². The number of aryl methyl sites for hydroxylation is 2. The van der Waals surface area contributed by atoms with Crippen LogP contribution in [0.3, 0.4) is 0 Å². The minimum atomic E-state index is -3.64. The maximum atomic E-state index is 12.8. The van der Waals surface area contributed by atoms with Crippen LogP contribution in [0.1, 0.15) is 34.7 Å². The van der Waals surface area contributed by atoms with Crippen molar-refractivity contribution in [3.63, 3.8) is 0 Å². The van der Waals surface area contributed by atoms with E-state index in [0.717, 1.165) is 0 Å². The topological polar surface area (TPSA) is 92.5 Å². The largest absolute Gasteiger partial charge is 0.360 e. The highest BCUT2D eigenvalue weighted by molar-refractivity contribution is 7.89. The number of hydrogen-bond donors (Lipinski definition) is 1. The molecule has 140 valence electrons. The standard InChI is InChI=1S/C17H20ClN3O4S/c1-11-16(12(2)25-20-11)26(23,24)21-9-7-15(8-10-21)19-17(22)13-3-5-14(18)6-4-13/h3-6,15H,7-10H2,1-2H3,(H,19,22). The number of sulfonamides is 1. The summed E-state index contributed by atoms with van der Waals surface area (Å²) in [7, 11) is -3.64. The van der Waals surface area contributed by atoms with Crippen LogP contribution in [0.25, 0.3) is 0 Å². The van der Waals surface area contributed by atoms with Gasteiger partial charge in [0.25, 0.3) is 5.91 Å². The number of benzene rings is 1. The van der Waals surface area contributed by atoms with Gasteiger partial charge in [0.05, 0.1) is 0 Å². The Kier molecular flexibility index (Phi) is 5.36. The van der Waals surface area contributed by atoms with Crippen molar-refractivity contribution in [2.24, 2.45) is 0 Å². The van der Waals surface area contributed by atoms with Crippen LogP contribution in [0.4, 0.5) is 0 Å². The van der Waals surface area contributed by atoms with E-state index in [2.05, 4.69) is 10.5 Å². The number of nitrogens with zero attached hydrogens (tertiary/aromatic N) is 2. The van der Waals surface area contributed by atoms with Crippen molar-refractivity contribution in [3.8, 4) is 0 Å². The number of rotatable bonds is 4. The lowest BCUT2D eigenvalue weighted by atomic mass is 10.1. The van der Waals surface area contributed by atoms with Gasteiger partial charge in [0, 0.05) is 29.7 Å². The second kappa shape index (κ2) is 7.38. The average Bonchev–Trinajstić information content (AvgIpc) is 2.95. The summed E-state index contributed by atoms with van der Waals surface area (Å²) in [5.74, 6) is 0.106. The van der Waals surface area contributed by atoms with E-state index in [0.29, 0.717) is 48.0 Å². The second-order valence-corrected chi connectivity index (χ2v) is 8.62. The Bertz CT molecular complexity index is 881. The molecule has 1 aliphatic heterocycles. The highest BCUT2D eigenvalue weighted by Gasteiger charge is 2.34. The molecule has 1 N–H and O–H groups in total. The number of nitrogens with one attached hydrogen (secondary N) is 1. The molecule has 26 heavy (non-hydrogen) atoms. The van der Waals surface area contributed by atoms with Gasteiger partial charge in [-0.2, -0.15) is 4.31 Å². The van der Waals surface area contributed by atoms with E-state index in [1.54, 1.807) is 38.1 Å². The number of carbonyl (C=O) groups is 1. The first-order chi connectivity index (χ1) is 12.3. The number of hydrogen-bond acceptors (Lipinski definition) is 5. The molecule has 9 heteroatoms. The fourth-order valence-corrected chi connectivity index (χ4v) is 4.97. The summed E-state index contributed by atoms with van der Waals surface area (Å²) < 4.78 is 32.0.